The van der Waals surface area contributed by atoms with Crippen LogP contribution in [0.1, 0.15) is 27.7 Å². The minimum absolute atomic E-state index is 0.325. The van der Waals surface area contributed by atoms with Crippen molar-refractivity contribution in [3.8, 4) is 0 Å². The molecule has 1 aliphatic heterocycles. The van der Waals surface area contributed by atoms with Crippen LogP contribution in [0.3, 0.4) is 0 Å². The smallest absolute Gasteiger partial charge is 0.0443 e. The zero-order valence-corrected chi connectivity index (χ0v) is 12.2. The summed E-state index contributed by atoms with van der Waals surface area (Å²) in [4.78, 5) is 6.87. The molecular weight excluding hydrogens is 224 g/mol. The van der Waals surface area contributed by atoms with Crippen molar-refractivity contribution in [3.05, 3.63) is 11.3 Å². The molecule has 0 radical (unpaired) electrons. The molecule has 0 saturated carbocycles. The number of piperazine rings is 1. The Morgan fingerprint density at radius 2 is 1.89 bits per heavy atom. The van der Waals surface area contributed by atoms with Crippen molar-refractivity contribution < 1.29 is 0 Å². The maximum atomic E-state index is 6.26. The summed E-state index contributed by atoms with van der Waals surface area (Å²) in [6.07, 6.45) is 1.97. The van der Waals surface area contributed by atoms with Crippen LogP contribution in [-0.4, -0.2) is 49.9 Å². The summed E-state index contributed by atoms with van der Waals surface area (Å²) < 4.78 is 0. The van der Waals surface area contributed by atoms with Gasteiger partial charge in [-0.15, -0.1) is 0 Å². The summed E-state index contributed by atoms with van der Waals surface area (Å²) in [5.74, 6) is 0.426. The summed E-state index contributed by atoms with van der Waals surface area (Å²) in [5, 5.41) is 3.36. The Labute approximate surface area is 111 Å². The molecular formula is C14H28N4. The molecule has 4 nitrogen and oxygen atoms in total. The molecule has 1 fully saturated rings. The molecule has 4 heteroatoms. The van der Waals surface area contributed by atoms with Gasteiger partial charge in [0.05, 0.1) is 0 Å². The van der Waals surface area contributed by atoms with Gasteiger partial charge in [-0.05, 0) is 25.3 Å². The molecule has 1 aliphatic rings. The summed E-state index contributed by atoms with van der Waals surface area (Å²) in [7, 11) is 0. The van der Waals surface area contributed by atoms with Crippen molar-refractivity contribution in [2.45, 2.75) is 33.7 Å². The molecule has 18 heavy (non-hydrogen) atoms. The van der Waals surface area contributed by atoms with E-state index in [9.17, 15) is 0 Å². The lowest BCUT2D eigenvalue weighted by Crippen LogP contribution is -2.45. The second kappa shape index (κ2) is 7.54. The zero-order chi connectivity index (χ0) is 13.5. The highest BCUT2D eigenvalue weighted by molar-refractivity contribution is 5.80. The Balaban J connectivity index is 2.69. The van der Waals surface area contributed by atoms with Gasteiger partial charge in [0.2, 0.25) is 0 Å². The molecule has 0 aromatic heterocycles. The van der Waals surface area contributed by atoms with Crippen molar-refractivity contribution in [3.63, 3.8) is 0 Å². The molecule has 0 aliphatic carbocycles. The van der Waals surface area contributed by atoms with E-state index in [4.69, 9.17) is 5.73 Å². The number of rotatable bonds is 5. The maximum Gasteiger partial charge on any atom is 0.0443 e. The summed E-state index contributed by atoms with van der Waals surface area (Å²) in [6, 6.07) is 0.325. The van der Waals surface area contributed by atoms with Crippen molar-refractivity contribution in [2.75, 3.05) is 32.7 Å². The molecule has 0 aromatic carbocycles. The number of hydrogen-bond acceptors (Lipinski definition) is 4. The molecule has 0 aromatic rings. The summed E-state index contributed by atoms with van der Waals surface area (Å²) >= 11 is 0. The van der Waals surface area contributed by atoms with Crippen LogP contribution in [0.25, 0.3) is 0 Å². The van der Waals surface area contributed by atoms with Gasteiger partial charge in [0, 0.05) is 50.7 Å². The molecule has 0 spiro atoms. The fourth-order valence-electron chi connectivity index (χ4n) is 2.03. The van der Waals surface area contributed by atoms with E-state index >= 15 is 0 Å². The highest BCUT2D eigenvalue weighted by Crippen LogP contribution is 2.12. The number of nitrogens with zero attached hydrogens (tertiary/aromatic N) is 2. The molecule has 0 atom stereocenters. The molecule has 0 bridgehead atoms. The maximum absolute atomic E-state index is 6.26. The van der Waals surface area contributed by atoms with Crippen LogP contribution in [0.4, 0.5) is 0 Å². The Morgan fingerprint density at radius 3 is 2.39 bits per heavy atom. The van der Waals surface area contributed by atoms with Gasteiger partial charge in [-0.3, -0.25) is 9.89 Å². The Kier molecular flexibility index (Phi) is 6.36. The topological polar surface area (TPSA) is 53.6 Å². The van der Waals surface area contributed by atoms with Crippen molar-refractivity contribution in [1.82, 2.24) is 10.2 Å². The molecule has 0 unspecified atom stereocenters. The van der Waals surface area contributed by atoms with Gasteiger partial charge in [0.1, 0.15) is 0 Å². The van der Waals surface area contributed by atoms with Crippen LogP contribution < -0.4 is 11.1 Å². The van der Waals surface area contributed by atoms with E-state index in [0.29, 0.717) is 12.0 Å². The molecule has 1 rings (SSSR count). The van der Waals surface area contributed by atoms with E-state index in [1.54, 1.807) is 0 Å². The normalized spacial score (nSPS) is 19.9. The Bertz CT molecular complexity index is 299. The van der Waals surface area contributed by atoms with Gasteiger partial charge in [-0.25, -0.2) is 0 Å². The van der Waals surface area contributed by atoms with Crippen molar-refractivity contribution in [2.24, 2.45) is 16.6 Å². The fourth-order valence-corrected chi connectivity index (χ4v) is 2.03. The van der Waals surface area contributed by atoms with E-state index < -0.39 is 0 Å². The van der Waals surface area contributed by atoms with E-state index in [-0.39, 0.29) is 0 Å². The van der Waals surface area contributed by atoms with E-state index in [1.165, 1.54) is 5.57 Å². The quantitative estimate of drug-likeness (QED) is 0.724. The summed E-state index contributed by atoms with van der Waals surface area (Å²) in [6.45, 7) is 13.6. The van der Waals surface area contributed by atoms with Crippen molar-refractivity contribution >= 4 is 6.21 Å². The average molecular weight is 252 g/mol. The fraction of sp³-hybridized carbons (Fsp3) is 0.786. The van der Waals surface area contributed by atoms with E-state index in [1.807, 2.05) is 6.21 Å². The van der Waals surface area contributed by atoms with Gasteiger partial charge in [-0.2, -0.15) is 0 Å². The largest absolute Gasteiger partial charge is 0.401 e. The minimum Gasteiger partial charge on any atom is -0.401 e. The van der Waals surface area contributed by atoms with Crippen LogP contribution in [0.5, 0.6) is 0 Å². The predicted molar refractivity (Wildman–Crippen MR) is 79.0 cm³/mol. The van der Waals surface area contributed by atoms with Gasteiger partial charge < -0.3 is 11.1 Å². The predicted octanol–water partition coefficient (Wildman–Crippen LogP) is 1.24. The Morgan fingerprint density at radius 1 is 1.28 bits per heavy atom. The number of hydrogen-bond donors (Lipinski definition) is 2. The number of aliphatic imine (C=N–C) groups is 1. The van der Waals surface area contributed by atoms with Crippen LogP contribution >= 0.6 is 0 Å². The molecule has 0 amide bonds. The molecule has 1 heterocycles. The lowest BCUT2D eigenvalue weighted by molar-refractivity contribution is 0.258. The minimum atomic E-state index is 0.325. The molecule has 1 saturated heterocycles. The van der Waals surface area contributed by atoms with E-state index in [2.05, 4.69) is 42.9 Å². The first-order chi connectivity index (χ1) is 8.50. The van der Waals surface area contributed by atoms with Crippen LogP contribution in [-0.2, 0) is 0 Å². The average Bonchev–Trinajstić information content (AvgIpc) is 2.29. The standard InChI is InChI=1S/C14H28N4/c1-11(2)13(9-17-12(3)4)14(15)10-18-7-5-16-6-8-18/h9,11-12,16H,5-8,10,15H2,1-4H3. The van der Waals surface area contributed by atoms with Crippen LogP contribution in [0.2, 0.25) is 0 Å². The van der Waals surface area contributed by atoms with Crippen molar-refractivity contribution in [1.29, 1.82) is 0 Å². The SMILES string of the molecule is CC(C)N=CC(=C(N)CN1CCNCC1)C(C)C. The number of nitrogens with two attached hydrogens (primary N) is 1. The zero-order valence-electron chi connectivity index (χ0n) is 12.2. The van der Waals surface area contributed by atoms with Crippen LogP contribution in [0, 0.1) is 5.92 Å². The van der Waals surface area contributed by atoms with Gasteiger partial charge in [0.15, 0.2) is 0 Å². The lowest BCUT2D eigenvalue weighted by atomic mass is 10.0. The third kappa shape index (κ3) is 5.19. The van der Waals surface area contributed by atoms with Gasteiger partial charge in [-0.1, -0.05) is 13.8 Å². The second-order valence-corrected chi connectivity index (χ2v) is 5.53. The number of allylic oxidation sites excluding steroid dienone is 1. The first-order valence-corrected chi connectivity index (χ1v) is 6.95. The summed E-state index contributed by atoms with van der Waals surface area (Å²) in [5.41, 5.74) is 8.41. The number of nitrogens with one attached hydrogen (secondary N) is 1. The third-order valence-electron chi connectivity index (χ3n) is 3.11. The first kappa shape index (κ1) is 15.2. The third-order valence-corrected chi connectivity index (χ3v) is 3.11. The monoisotopic (exact) mass is 252 g/mol. The lowest BCUT2D eigenvalue weighted by Gasteiger charge is -2.28. The van der Waals surface area contributed by atoms with Crippen LogP contribution in [0.15, 0.2) is 16.3 Å². The van der Waals surface area contributed by atoms with Gasteiger partial charge >= 0.3 is 0 Å². The Hall–Kier alpha value is -0.870. The molecule has 3 N–H and O–H groups in total. The van der Waals surface area contributed by atoms with Gasteiger partial charge in [0.25, 0.3) is 0 Å². The highest BCUT2D eigenvalue weighted by atomic mass is 15.2. The molecule has 104 valence electrons. The highest BCUT2D eigenvalue weighted by Gasteiger charge is 2.13. The second-order valence-electron chi connectivity index (χ2n) is 5.53. The van der Waals surface area contributed by atoms with E-state index in [0.717, 1.165) is 38.4 Å². The first-order valence-electron chi connectivity index (χ1n) is 6.95.